The van der Waals surface area contributed by atoms with Gasteiger partial charge in [-0.2, -0.15) is 0 Å². The van der Waals surface area contributed by atoms with E-state index < -0.39 is 6.29 Å². The summed E-state index contributed by atoms with van der Waals surface area (Å²) < 4.78 is 19.2. The molecular weight excluding hydrogens is 364 g/mol. The van der Waals surface area contributed by atoms with Gasteiger partial charge < -0.3 is 14.2 Å². The van der Waals surface area contributed by atoms with E-state index in [2.05, 4.69) is 25.8 Å². The van der Waals surface area contributed by atoms with E-state index in [9.17, 15) is 4.79 Å². The number of hydrogen-bond acceptors (Lipinski definition) is 5. The van der Waals surface area contributed by atoms with E-state index in [-0.39, 0.29) is 23.8 Å². The van der Waals surface area contributed by atoms with E-state index in [1.165, 1.54) is 0 Å². The molecule has 0 aliphatic rings. The number of rotatable bonds is 7. The van der Waals surface area contributed by atoms with Crippen LogP contribution >= 0.6 is 12.2 Å². The number of H-pyrrole nitrogens is 1. The maximum absolute atomic E-state index is 12.2. The summed E-state index contributed by atoms with van der Waals surface area (Å²) in [4.78, 5) is 14.9. The highest BCUT2D eigenvalue weighted by atomic mass is 32.1. The average Bonchev–Trinajstić information content (AvgIpc) is 2.62. The first-order valence-electron chi connectivity index (χ1n) is 8.77. The Labute approximate surface area is 165 Å². The zero-order valence-electron chi connectivity index (χ0n) is 16.7. The first-order valence-corrected chi connectivity index (χ1v) is 9.17. The van der Waals surface area contributed by atoms with Crippen molar-refractivity contribution in [3.8, 4) is 11.3 Å². The lowest BCUT2D eigenvalue weighted by atomic mass is 9.88. The van der Waals surface area contributed by atoms with Crippen LogP contribution in [0.3, 0.4) is 0 Å². The van der Waals surface area contributed by atoms with Crippen LogP contribution in [0, 0.1) is 17.1 Å². The number of nitrogens with zero attached hydrogens (tertiary/aromatic N) is 1. The van der Waals surface area contributed by atoms with E-state index in [1.54, 1.807) is 25.7 Å². The van der Waals surface area contributed by atoms with Crippen molar-refractivity contribution in [1.82, 2.24) is 9.55 Å². The van der Waals surface area contributed by atoms with Crippen molar-refractivity contribution >= 4 is 12.2 Å². The Morgan fingerprint density at radius 1 is 1.15 bits per heavy atom. The quantitative estimate of drug-likeness (QED) is 0.572. The predicted octanol–water partition coefficient (Wildman–Crippen LogP) is 3.89. The van der Waals surface area contributed by atoms with Crippen LogP contribution in [0.25, 0.3) is 11.3 Å². The standard InChI is InChI=1S/C20H28N2O4S/c1-13-15(14-10-8-7-9-11-14)22(19(27)21-17(13)23)12-26-18(25-6)16(24-5)20(2,3)4/h7-11,16,18H,12H2,1-6H3,(H,21,23,27). The molecule has 1 aromatic heterocycles. The van der Waals surface area contributed by atoms with E-state index in [4.69, 9.17) is 26.4 Å². The van der Waals surface area contributed by atoms with Crippen molar-refractivity contribution in [2.45, 2.75) is 46.8 Å². The molecule has 2 atom stereocenters. The number of nitrogens with one attached hydrogen (secondary N) is 1. The molecule has 2 unspecified atom stereocenters. The van der Waals surface area contributed by atoms with Crippen LogP contribution in [0.15, 0.2) is 35.1 Å². The van der Waals surface area contributed by atoms with Crippen LogP contribution in [-0.4, -0.2) is 36.2 Å². The predicted molar refractivity (Wildman–Crippen MR) is 108 cm³/mol. The number of ether oxygens (including phenoxy) is 3. The molecule has 1 N–H and O–H groups in total. The molecule has 0 spiro atoms. The summed E-state index contributed by atoms with van der Waals surface area (Å²) in [5.74, 6) is 0. The minimum absolute atomic E-state index is 0.120. The van der Waals surface area contributed by atoms with Gasteiger partial charge >= 0.3 is 0 Å². The molecule has 0 fully saturated rings. The third-order valence-corrected chi connectivity index (χ3v) is 4.76. The second-order valence-electron chi connectivity index (χ2n) is 7.45. The number of hydrogen-bond donors (Lipinski definition) is 1. The molecular formula is C20H28N2O4S. The van der Waals surface area contributed by atoms with Gasteiger partial charge in [0.15, 0.2) is 11.1 Å². The number of aromatic amines is 1. The molecule has 0 saturated carbocycles. The topological polar surface area (TPSA) is 65.5 Å². The Morgan fingerprint density at radius 2 is 1.78 bits per heavy atom. The summed E-state index contributed by atoms with van der Waals surface area (Å²) in [6.07, 6.45) is -0.867. The fourth-order valence-corrected chi connectivity index (χ4v) is 3.30. The highest BCUT2D eigenvalue weighted by molar-refractivity contribution is 7.71. The molecule has 2 rings (SSSR count). The minimum atomic E-state index is -0.590. The maximum Gasteiger partial charge on any atom is 0.255 e. The van der Waals surface area contributed by atoms with Crippen molar-refractivity contribution in [2.24, 2.45) is 5.41 Å². The first kappa shape index (κ1) is 21.5. The third kappa shape index (κ3) is 4.93. The van der Waals surface area contributed by atoms with Crippen LogP contribution in [0.5, 0.6) is 0 Å². The molecule has 2 aromatic rings. The van der Waals surface area contributed by atoms with Gasteiger partial charge in [0.05, 0.1) is 5.69 Å². The van der Waals surface area contributed by atoms with Gasteiger partial charge in [-0.3, -0.25) is 14.3 Å². The van der Waals surface area contributed by atoms with Crippen LogP contribution in [0.4, 0.5) is 0 Å². The van der Waals surface area contributed by atoms with Gasteiger partial charge in [0.2, 0.25) is 0 Å². The second-order valence-corrected chi connectivity index (χ2v) is 7.84. The fourth-order valence-electron chi connectivity index (χ4n) is 3.06. The number of methoxy groups -OCH3 is 2. The Morgan fingerprint density at radius 3 is 2.30 bits per heavy atom. The second kappa shape index (κ2) is 8.93. The molecule has 0 radical (unpaired) electrons. The van der Waals surface area contributed by atoms with Gasteiger partial charge in [-0.25, -0.2) is 0 Å². The molecule has 7 heteroatoms. The summed E-state index contributed by atoms with van der Waals surface area (Å²) >= 11 is 5.40. The van der Waals surface area contributed by atoms with Crippen molar-refractivity contribution in [2.75, 3.05) is 14.2 Å². The van der Waals surface area contributed by atoms with E-state index in [1.807, 2.05) is 30.3 Å². The lowest BCUT2D eigenvalue weighted by Crippen LogP contribution is -2.42. The molecule has 0 aliphatic carbocycles. The third-order valence-electron chi connectivity index (χ3n) is 4.43. The summed E-state index contributed by atoms with van der Waals surface area (Å²) in [7, 11) is 3.22. The van der Waals surface area contributed by atoms with Gasteiger partial charge in [0.25, 0.3) is 5.56 Å². The smallest absolute Gasteiger partial charge is 0.255 e. The zero-order chi connectivity index (χ0) is 20.2. The molecule has 0 bridgehead atoms. The molecule has 0 amide bonds. The summed E-state index contributed by atoms with van der Waals surface area (Å²) in [6.45, 7) is 8.06. The Balaban J connectivity index is 2.43. The van der Waals surface area contributed by atoms with Crippen LogP contribution in [0.2, 0.25) is 0 Å². The van der Waals surface area contributed by atoms with Gasteiger partial charge in [-0.15, -0.1) is 0 Å². The van der Waals surface area contributed by atoms with Crippen molar-refractivity contribution < 1.29 is 14.2 Å². The van der Waals surface area contributed by atoms with Crippen molar-refractivity contribution in [3.63, 3.8) is 0 Å². The summed E-state index contributed by atoms with van der Waals surface area (Å²) in [5, 5.41) is 0. The summed E-state index contributed by atoms with van der Waals surface area (Å²) in [5.41, 5.74) is 1.81. The molecule has 6 nitrogen and oxygen atoms in total. The highest BCUT2D eigenvalue weighted by Gasteiger charge is 2.33. The average molecular weight is 393 g/mol. The van der Waals surface area contributed by atoms with E-state index in [0.29, 0.717) is 10.3 Å². The Kier molecular flexibility index (Phi) is 7.11. The van der Waals surface area contributed by atoms with Gasteiger partial charge in [0, 0.05) is 19.8 Å². The van der Waals surface area contributed by atoms with Gasteiger partial charge in [0.1, 0.15) is 12.8 Å². The number of benzene rings is 1. The Bertz CT molecular complexity index is 868. The zero-order valence-corrected chi connectivity index (χ0v) is 17.6. The largest absolute Gasteiger partial charge is 0.376 e. The summed E-state index contributed by atoms with van der Waals surface area (Å²) in [6, 6.07) is 9.64. The lowest BCUT2D eigenvalue weighted by molar-refractivity contribution is -0.226. The van der Waals surface area contributed by atoms with Crippen molar-refractivity contribution in [1.29, 1.82) is 0 Å². The lowest BCUT2D eigenvalue weighted by Gasteiger charge is -2.35. The maximum atomic E-state index is 12.2. The van der Waals surface area contributed by atoms with Crippen LogP contribution < -0.4 is 5.56 Å². The van der Waals surface area contributed by atoms with Crippen molar-refractivity contribution in [3.05, 3.63) is 51.0 Å². The van der Waals surface area contributed by atoms with E-state index >= 15 is 0 Å². The monoisotopic (exact) mass is 392 g/mol. The molecule has 0 saturated heterocycles. The fraction of sp³-hybridized carbons (Fsp3) is 0.500. The molecule has 27 heavy (non-hydrogen) atoms. The molecule has 0 aliphatic heterocycles. The molecule has 148 valence electrons. The molecule has 1 heterocycles. The minimum Gasteiger partial charge on any atom is -0.376 e. The first-order chi connectivity index (χ1) is 12.7. The highest BCUT2D eigenvalue weighted by Crippen LogP contribution is 2.27. The van der Waals surface area contributed by atoms with Crippen LogP contribution in [-0.2, 0) is 20.9 Å². The molecule has 1 aromatic carbocycles. The normalized spacial score (nSPS) is 14.1. The van der Waals surface area contributed by atoms with Crippen LogP contribution in [0.1, 0.15) is 26.3 Å². The Hall–Kier alpha value is -1.80. The van der Waals surface area contributed by atoms with Gasteiger partial charge in [-0.05, 0) is 30.1 Å². The SMILES string of the molecule is COC(OCn1c(-c2ccccc2)c(C)c(=O)[nH]c1=S)C(OC)C(C)(C)C. The van der Waals surface area contributed by atoms with Gasteiger partial charge in [-0.1, -0.05) is 51.1 Å². The van der Waals surface area contributed by atoms with E-state index in [0.717, 1.165) is 11.3 Å². The number of aromatic nitrogens is 2.